The van der Waals surface area contributed by atoms with Crippen LogP contribution in [0.4, 0.5) is 0 Å². The Morgan fingerprint density at radius 1 is 1.14 bits per heavy atom. The third kappa shape index (κ3) is 4.81. The Hall–Kier alpha value is -1.10. The lowest BCUT2D eigenvalue weighted by molar-refractivity contribution is -0.159. The lowest BCUT2D eigenvalue weighted by Gasteiger charge is -2.16. The van der Waals surface area contributed by atoms with E-state index in [0.717, 1.165) is 0 Å². The van der Waals surface area contributed by atoms with Crippen molar-refractivity contribution >= 4 is 11.9 Å². The van der Waals surface area contributed by atoms with Crippen molar-refractivity contribution in [2.45, 2.75) is 32.5 Å². The molecule has 0 aliphatic heterocycles. The molecular weight excluding hydrogens is 188 g/mol. The third-order valence-electron chi connectivity index (χ3n) is 1.65. The molecule has 0 bridgehead atoms. The Labute approximate surface area is 83.3 Å². The number of esters is 2. The van der Waals surface area contributed by atoms with Gasteiger partial charge >= 0.3 is 11.9 Å². The smallest absolute Gasteiger partial charge is 0.334 e. The summed E-state index contributed by atoms with van der Waals surface area (Å²) in [4.78, 5) is 21.8. The van der Waals surface area contributed by atoms with E-state index in [9.17, 15) is 9.59 Å². The molecular formula is C9H16O5. The highest BCUT2D eigenvalue weighted by Crippen LogP contribution is 2.04. The fraction of sp³-hybridized carbons (Fsp3) is 0.778. The fourth-order valence-electron chi connectivity index (χ4n) is 0.936. The first kappa shape index (κ1) is 12.9. The number of carbonyl (C=O) groups is 2. The summed E-state index contributed by atoms with van der Waals surface area (Å²) in [6.07, 6.45) is -0.908. The first-order valence-electron chi connectivity index (χ1n) is 4.31. The molecule has 0 saturated carbocycles. The van der Waals surface area contributed by atoms with E-state index in [-0.39, 0.29) is 18.5 Å². The highest BCUT2D eigenvalue weighted by Gasteiger charge is 2.18. The van der Waals surface area contributed by atoms with Gasteiger partial charge in [0.1, 0.15) is 0 Å². The highest BCUT2D eigenvalue weighted by atomic mass is 16.6. The Bertz CT molecular complexity index is 201. The van der Waals surface area contributed by atoms with Gasteiger partial charge in [-0.05, 0) is 13.8 Å². The van der Waals surface area contributed by atoms with E-state index in [1.807, 2.05) is 0 Å². The number of ether oxygens (including phenoxy) is 3. The zero-order chi connectivity index (χ0) is 11.1. The Morgan fingerprint density at radius 3 is 2.14 bits per heavy atom. The molecule has 0 N–H and O–H groups in total. The molecule has 0 radical (unpaired) electrons. The summed E-state index contributed by atoms with van der Waals surface area (Å²) in [6.45, 7) is 3.26. The molecule has 0 rings (SSSR count). The highest BCUT2D eigenvalue weighted by molar-refractivity contribution is 5.74. The second-order valence-corrected chi connectivity index (χ2v) is 2.89. The molecule has 0 aromatic carbocycles. The maximum absolute atomic E-state index is 10.9. The summed E-state index contributed by atoms with van der Waals surface area (Å²) in [7, 11) is 2.59. The van der Waals surface area contributed by atoms with Crippen LogP contribution in [0.15, 0.2) is 0 Å². The second kappa shape index (κ2) is 6.37. The molecule has 0 aromatic rings. The van der Waals surface area contributed by atoms with Gasteiger partial charge in [-0.15, -0.1) is 0 Å². The standard InChI is InChI=1S/C9H16O5/c1-6(5-8(10)12-3)14-7(2)9(11)13-4/h6-7H,5H2,1-4H3. The van der Waals surface area contributed by atoms with E-state index in [4.69, 9.17) is 4.74 Å². The topological polar surface area (TPSA) is 61.8 Å². The lowest BCUT2D eigenvalue weighted by atomic mass is 10.3. The quantitative estimate of drug-likeness (QED) is 0.611. The summed E-state index contributed by atoms with van der Waals surface area (Å²) < 4.78 is 14.1. The van der Waals surface area contributed by atoms with Crippen molar-refractivity contribution < 1.29 is 23.8 Å². The number of methoxy groups -OCH3 is 2. The number of rotatable bonds is 5. The molecule has 0 aliphatic carbocycles. The normalized spacial score (nSPS) is 14.3. The summed E-state index contributed by atoms with van der Waals surface area (Å²) in [5.41, 5.74) is 0. The van der Waals surface area contributed by atoms with Crippen LogP contribution < -0.4 is 0 Å². The van der Waals surface area contributed by atoms with Gasteiger partial charge in [0.2, 0.25) is 0 Å². The minimum Gasteiger partial charge on any atom is -0.469 e. The van der Waals surface area contributed by atoms with Gasteiger partial charge < -0.3 is 14.2 Å². The van der Waals surface area contributed by atoms with Crippen molar-refractivity contribution in [3.8, 4) is 0 Å². The van der Waals surface area contributed by atoms with Crippen molar-refractivity contribution in [1.29, 1.82) is 0 Å². The van der Waals surface area contributed by atoms with Crippen LogP contribution in [0.1, 0.15) is 20.3 Å². The van der Waals surface area contributed by atoms with Crippen LogP contribution in [0.5, 0.6) is 0 Å². The van der Waals surface area contributed by atoms with Gasteiger partial charge in [0, 0.05) is 0 Å². The van der Waals surface area contributed by atoms with Crippen LogP contribution in [-0.4, -0.2) is 38.4 Å². The predicted octanol–water partition coefficient (Wildman–Crippen LogP) is 0.516. The summed E-state index contributed by atoms with van der Waals surface area (Å²) in [5.74, 6) is -0.823. The van der Waals surface area contributed by atoms with Crippen LogP contribution in [0.3, 0.4) is 0 Å². The van der Waals surface area contributed by atoms with Gasteiger partial charge in [0.05, 0.1) is 26.7 Å². The average Bonchev–Trinajstić information content (AvgIpc) is 2.15. The van der Waals surface area contributed by atoms with Crippen molar-refractivity contribution in [3.05, 3.63) is 0 Å². The van der Waals surface area contributed by atoms with Crippen LogP contribution in [0.2, 0.25) is 0 Å². The van der Waals surface area contributed by atoms with E-state index >= 15 is 0 Å². The molecule has 0 fully saturated rings. The van der Waals surface area contributed by atoms with E-state index in [1.54, 1.807) is 13.8 Å². The molecule has 0 aromatic heterocycles. The minimum absolute atomic E-state index is 0.123. The Balaban J connectivity index is 3.87. The van der Waals surface area contributed by atoms with Crippen molar-refractivity contribution in [1.82, 2.24) is 0 Å². The Morgan fingerprint density at radius 2 is 1.71 bits per heavy atom. The number of hydrogen-bond acceptors (Lipinski definition) is 5. The SMILES string of the molecule is COC(=O)CC(C)OC(C)C(=O)OC. The zero-order valence-corrected chi connectivity index (χ0v) is 8.90. The molecule has 5 nitrogen and oxygen atoms in total. The van der Waals surface area contributed by atoms with Crippen molar-refractivity contribution in [3.63, 3.8) is 0 Å². The molecule has 0 aliphatic rings. The van der Waals surface area contributed by atoms with Crippen LogP contribution in [-0.2, 0) is 23.8 Å². The molecule has 0 amide bonds. The van der Waals surface area contributed by atoms with Crippen molar-refractivity contribution in [2.24, 2.45) is 0 Å². The predicted molar refractivity (Wildman–Crippen MR) is 48.7 cm³/mol. The Kier molecular flexibility index (Phi) is 5.87. The summed E-state index contributed by atoms with van der Waals surface area (Å²) in [5, 5.41) is 0. The first-order valence-corrected chi connectivity index (χ1v) is 4.31. The number of carbonyl (C=O) groups excluding carboxylic acids is 2. The molecule has 2 atom stereocenters. The monoisotopic (exact) mass is 204 g/mol. The van der Waals surface area contributed by atoms with Crippen molar-refractivity contribution in [2.75, 3.05) is 14.2 Å². The first-order chi connectivity index (χ1) is 6.51. The maximum Gasteiger partial charge on any atom is 0.334 e. The lowest BCUT2D eigenvalue weighted by Crippen LogP contribution is -2.28. The second-order valence-electron chi connectivity index (χ2n) is 2.89. The van der Waals surface area contributed by atoms with E-state index in [1.165, 1.54) is 14.2 Å². The molecule has 82 valence electrons. The van der Waals surface area contributed by atoms with Crippen LogP contribution in [0, 0.1) is 0 Å². The van der Waals surface area contributed by atoms with E-state index < -0.39 is 12.1 Å². The number of hydrogen-bond donors (Lipinski definition) is 0. The summed E-state index contributed by atoms with van der Waals surface area (Å²) >= 11 is 0. The largest absolute Gasteiger partial charge is 0.469 e. The van der Waals surface area contributed by atoms with E-state index in [0.29, 0.717) is 0 Å². The van der Waals surface area contributed by atoms with Crippen LogP contribution >= 0.6 is 0 Å². The van der Waals surface area contributed by atoms with Gasteiger partial charge in [-0.2, -0.15) is 0 Å². The van der Waals surface area contributed by atoms with E-state index in [2.05, 4.69) is 9.47 Å². The average molecular weight is 204 g/mol. The van der Waals surface area contributed by atoms with Gasteiger partial charge in [0.25, 0.3) is 0 Å². The van der Waals surface area contributed by atoms with Gasteiger partial charge in [-0.3, -0.25) is 4.79 Å². The molecule has 14 heavy (non-hydrogen) atoms. The molecule has 0 spiro atoms. The fourth-order valence-corrected chi connectivity index (χ4v) is 0.936. The minimum atomic E-state index is -0.667. The molecule has 0 heterocycles. The van der Waals surface area contributed by atoms with Gasteiger partial charge in [0.15, 0.2) is 6.10 Å². The maximum atomic E-state index is 10.9. The van der Waals surface area contributed by atoms with Gasteiger partial charge in [-0.1, -0.05) is 0 Å². The zero-order valence-electron chi connectivity index (χ0n) is 8.90. The third-order valence-corrected chi connectivity index (χ3v) is 1.65. The molecule has 0 saturated heterocycles. The molecule has 2 unspecified atom stereocenters. The summed E-state index contributed by atoms with van der Waals surface area (Å²) in [6, 6.07) is 0. The molecule has 5 heteroatoms. The van der Waals surface area contributed by atoms with Gasteiger partial charge in [-0.25, -0.2) is 4.79 Å². The van der Waals surface area contributed by atoms with Crippen LogP contribution in [0.25, 0.3) is 0 Å².